The Morgan fingerprint density at radius 3 is 2.24 bits per heavy atom. The van der Waals surface area contributed by atoms with Crippen LogP contribution >= 0.6 is 12.6 Å². The third-order valence-corrected chi connectivity index (χ3v) is 4.58. The predicted molar refractivity (Wildman–Crippen MR) is 117 cm³/mol. The highest BCUT2D eigenvalue weighted by molar-refractivity contribution is 7.81. The number of ketones is 1. The highest BCUT2D eigenvalue weighted by atomic mass is 32.1. The maximum atomic E-state index is 12.7. The Morgan fingerprint density at radius 1 is 1.07 bits per heavy atom. The quantitative estimate of drug-likeness (QED) is 0.260. The first-order chi connectivity index (χ1) is 13.8. The molecule has 1 N–H and O–H groups in total. The van der Waals surface area contributed by atoms with Crippen LogP contribution in [-0.4, -0.2) is 42.2 Å². The molecule has 0 bridgehead atoms. The first-order valence-electron chi connectivity index (χ1n) is 10.2. The molecular weight excluding hydrogens is 390 g/mol. The number of unbranched alkanes of at least 4 members (excludes halogenated alkanes) is 1. The number of benzene rings is 1. The highest BCUT2D eigenvalue weighted by Crippen LogP contribution is 2.21. The van der Waals surface area contributed by atoms with Gasteiger partial charge in [-0.25, -0.2) is 4.79 Å². The molecule has 0 unspecified atom stereocenters. The summed E-state index contributed by atoms with van der Waals surface area (Å²) in [7, 11) is 0. The molecule has 164 valence electrons. The molecule has 0 aliphatic rings. The average molecular weight is 426 g/mol. The Bertz CT molecular complexity index is 597. The first-order valence-corrected chi connectivity index (χ1v) is 10.7. The van der Waals surface area contributed by atoms with Crippen molar-refractivity contribution in [1.82, 2.24) is 5.32 Å². The van der Waals surface area contributed by atoms with Crippen molar-refractivity contribution in [2.45, 2.75) is 77.1 Å². The number of carbonyl (C=O) groups excluding carboxylic acids is 2. The summed E-state index contributed by atoms with van der Waals surface area (Å²) in [4.78, 5) is 24.9. The molecule has 0 spiro atoms. The summed E-state index contributed by atoms with van der Waals surface area (Å²) in [6.07, 6.45) is 1.71. The van der Waals surface area contributed by atoms with Crippen LogP contribution in [0.25, 0.3) is 0 Å². The van der Waals surface area contributed by atoms with Crippen molar-refractivity contribution in [2.24, 2.45) is 0 Å². The van der Waals surface area contributed by atoms with E-state index in [2.05, 4.69) is 17.9 Å². The van der Waals surface area contributed by atoms with E-state index >= 15 is 0 Å². The minimum atomic E-state index is -0.733. The number of Topliss-reactive ketones (excluding diaryl/α,β-unsaturated/α-hetero) is 1. The lowest BCUT2D eigenvalue weighted by Gasteiger charge is -2.29. The Hall–Kier alpha value is -1.57. The average Bonchev–Trinajstić information content (AvgIpc) is 2.68. The van der Waals surface area contributed by atoms with Crippen LogP contribution < -0.4 is 5.32 Å². The van der Waals surface area contributed by atoms with Crippen molar-refractivity contribution in [2.75, 3.05) is 13.2 Å². The van der Waals surface area contributed by atoms with Gasteiger partial charge in [-0.2, -0.15) is 12.6 Å². The molecule has 1 rings (SSSR count). The molecule has 0 aliphatic heterocycles. The highest BCUT2D eigenvalue weighted by Gasteiger charge is 2.33. The minimum Gasteiger partial charge on any atom is -0.445 e. The molecule has 1 atom stereocenters. The van der Waals surface area contributed by atoms with Gasteiger partial charge in [-0.15, -0.1) is 0 Å². The van der Waals surface area contributed by atoms with Gasteiger partial charge in [0.2, 0.25) is 0 Å². The Balaban J connectivity index is 2.48. The molecule has 7 heteroatoms. The van der Waals surface area contributed by atoms with Crippen molar-refractivity contribution in [3.8, 4) is 0 Å². The lowest BCUT2D eigenvalue weighted by molar-refractivity contribution is -0.140. The van der Waals surface area contributed by atoms with E-state index in [0.717, 1.165) is 18.4 Å². The largest absolute Gasteiger partial charge is 0.445 e. The van der Waals surface area contributed by atoms with Gasteiger partial charge in [0.05, 0.1) is 0 Å². The van der Waals surface area contributed by atoms with Crippen LogP contribution in [0.15, 0.2) is 30.3 Å². The lowest BCUT2D eigenvalue weighted by atomic mass is 9.95. The number of amides is 1. The number of nitrogens with one attached hydrogen (secondary N) is 1. The fourth-order valence-electron chi connectivity index (χ4n) is 2.87. The van der Waals surface area contributed by atoms with Gasteiger partial charge in [0.25, 0.3) is 0 Å². The molecule has 0 aliphatic carbocycles. The van der Waals surface area contributed by atoms with Gasteiger partial charge in [-0.05, 0) is 52.5 Å². The molecule has 6 nitrogen and oxygen atoms in total. The standard InChI is InChI=1S/C22H35NO5S/c1-5-26-19(27-6-2)15-11-10-14-18(24)20(22(3,4)29)23-21(25)28-16-17-12-8-7-9-13-17/h7-9,12-13,19-20,29H,5-6,10-11,14-16H2,1-4H3,(H,23,25)/t20-/m1/s1. The summed E-state index contributed by atoms with van der Waals surface area (Å²) < 4.78 is 15.6. The van der Waals surface area contributed by atoms with E-state index in [0.29, 0.717) is 26.1 Å². The SMILES string of the molecule is CCOC(CCCCC(=O)[C@@H](NC(=O)OCc1ccccc1)C(C)(C)S)OCC. The van der Waals surface area contributed by atoms with E-state index in [-0.39, 0.29) is 18.7 Å². The third-order valence-electron chi connectivity index (χ3n) is 4.32. The van der Waals surface area contributed by atoms with Gasteiger partial charge in [0, 0.05) is 24.4 Å². The van der Waals surface area contributed by atoms with E-state index in [1.54, 1.807) is 13.8 Å². The van der Waals surface area contributed by atoms with Crippen LogP contribution in [-0.2, 0) is 25.6 Å². The van der Waals surface area contributed by atoms with Gasteiger partial charge in [-0.3, -0.25) is 4.79 Å². The molecule has 1 aromatic carbocycles. The monoisotopic (exact) mass is 425 g/mol. The normalized spacial score (nSPS) is 12.6. The van der Waals surface area contributed by atoms with Crippen molar-refractivity contribution < 1.29 is 23.8 Å². The van der Waals surface area contributed by atoms with Gasteiger partial charge < -0.3 is 19.5 Å². The van der Waals surface area contributed by atoms with E-state index in [1.165, 1.54) is 0 Å². The number of thiol groups is 1. The predicted octanol–water partition coefficient (Wildman–Crippen LogP) is 4.52. The molecule has 0 fully saturated rings. The van der Waals surface area contributed by atoms with Gasteiger partial charge in [0.15, 0.2) is 12.1 Å². The zero-order valence-electron chi connectivity index (χ0n) is 18.0. The maximum Gasteiger partial charge on any atom is 0.408 e. The van der Waals surface area contributed by atoms with Crippen LogP contribution in [0.1, 0.15) is 58.9 Å². The molecule has 0 aromatic heterocycles. The molecule has 0 radical (unpaired) electrons. The summed E-state index contributed by atoms with van der Waals surface area (Å²) in [5.41, 5.74) is 0.883. The lowest BCUT2D eigenvalue weighted by Crippen LogP contribution is -2.51. The zero-order chi connectivity index (χ0) is 21.7. The van der Waals surface area contributed by atoms with Crippen molar-refractivity contribution in [1.29, 1.82) is 0 Å². The third kappa shape index (κ3) is 10.7. The Labute approximate surface area is 180 Å². The summed E-state index contributed by atoms with van der Waals surface area (Å²) in [6, 6.07) is 8.66. The van der Waals surface area contributed by atoms with Crippen LogP contribution in [0.4, 0.5) is 4.79 Å². The molecule has 0 heterocycles. The van der Waals surface area contributed by atoms with E-state index in [9.17, 15) is 9.59 Å². The molecule has 0 saturated heterocycles. The maximum absolute atomic E-state index is 12.7. The summed E-state index contributed by atoms with van der Waals surface area (Å²) >= 11 is 4.50. The second-order valence-corrected chi connectivity index (χ2v) is 8.50. The second-order valence-electron chi connectivity index (χ2n) is 7.35. The Morgan fingerprint density at radius 2 is 1.69 bits per heavy atom. The van der Waals surface area contributed by atoms with Crippen LogP contribution in [0.2, 0.25) is 0 Å². The zero-order valence-corrected chi connectivity index (χ0v) is 18.9. The number of alkyl carbamates (subject to hydrolysis) is 1. The number of carbonyl (C=O) groups is 2. The number of hydrogen-bond donors (Lipinski definition) is 2. The first kappa shape index (κ1) is 25.5. The van der Waals surface area contributed by atoms with Gasteiger partial charge in [-0.1, -0.05) is 30.3 Å². The van der Waals surface area contributed by atoms with Crippen LogP contribution in [0, 0.1) is 0 Å². The smallest absolute Gasteiger partial charge is 0.408 e. The summed E-state index contributed by atoms with van der Waals surface area (Å²) in [5.74, 6) is -0.0639. The number of ether oxygens (including phenoxy) is 3. The molecule has 29 heavy (non-hydrogen) atoms. The van der Waals surface area contributed by atoms with Gasteiger partial charge in [0.1, 0.15) is 12.6 Å². The fourth-order valence-corrected chi connectivity index (χ4v) is 3.08. The summed E-state index contributed by atoms with van der Waals surface area (Å²) in [5, 5.41) is 2.68. The van der Waals surface area contributed by atoms with Crippen molar-refractivity contribution in [3.63, 3.8) is 0 Å². The summed E-state index contributed by atoms with van der Waals surface area (Å²) in [6.45, 7) is 8.79. The van der Waals surface area contributed by atoms with E-state index in [1.807, 2.05) is 44.2 Å². The van der Waals surface area contributed by atoms with E-state index in [4.69, 9.17) is 14.2 Å². The van der Waals surface area contributed by atoms with E-state index < -0.39 is 16.9 Å². The number of hydrogen-bond acceptors (Lipinski definition) is 6. The topological polar surface area (TPSA) is 73.9 Å². The second kappa shape index (κ2) is 13.6. The van der Waals surface area contributed by atoms with Crippen molar-refractivity contribution >= 4 is 24.5 Å². The molecular formula is C22H35NO5S. The minimum absolute atomic E-state index is 0.0639. The molecule has 0 saturated carbocycles. The molecule has 1 aromatic rings. The Kier molecular flexibility index (Phi) is 12.0. The number of rotatable bonds is 14. The van der Waals surface area contributed by atoms with Crippen LogP contribution in [0.5, 0.6) is 0 Å². The van der Waals surface area contributed by atoms with Crippen LogP contribution in [0.3, 0.4) is 0 Å². The fraction of sp³-hybridized carbons (Fsp3) is 0.636. The van der Waals surface area contributed by atoms with Gasteiger partial charge >= 0.3 is 6.09 Å². The molecule has 1 amide bonds. The van der Waals surface area contributed by atoms with Crippen molar-refractivity contribution in [3.05, 3.63) is 35.9 Å².